The molecule has 1 aromatic rings. The molecule has 1 saturated carbocycles. The Hall–Kier alpha value is -1.22. The third kappa shape index (κ3) is 4.54. The molecule has 1 spiro atoms. The van der Waals surface area contributed by atoms with Crippen LogP contribution in [0.1, 0.15) is 38.3 Å². The molecule has 2 heterocycles. The van der Waals surface area contributed by atoms with Crippen molar-refractivity contribution in [3.8, 4) is 5.88 Å². The Kier molecular flexibility index (Phi) is 7.01. The highest BCUT2D eigenvalue weighted by molar-refractivity contribution is 7.89. The number of methoxy groups -OCH3 is 2. The number of nitrogens with zero attached hydrogens (tertiary/aromatic N) is 2. The van der Waals surface area contributed by atoms with E-state index in [1.807, 2.05) is 0 Å². The van der Waals surface area contributed by atoms with Gasteiger partial charge in [0.15, 0.2) is 0 Å². The fourth-order valence-electron chi connectivity index (χ4n) is 3.67. The van der Waals surface area contributed by atoms with Gasteiger partial charge in [0, 0.05) is 38.9 Å². The van der Waals surface area contributed by atoms with Crippen molar-refractivity contribution in [2.45, 2.75) is 50.5 Å². The average Bonchev–Trinajstić information content (AvgIpc) is 2.97. The molecule has 1 saturated heterocycles. The summed E-state index contributed by atoms with van der Waals surface area (Å²) < 4.78 is 36.6. The molecule has 1 atom stereocenters. The van der Waals surface area contributed by atoms with Gasteiger partial charge in [-0.25, -0.2) is 13.4 Å². The molecule has 0 bridgehead atoms. The molecule has 1 aromatic heterocycles. The van der Waals surface area contributed by atoms with Crippen molar-refractivity contribution < 1.29 is 17.9 Å². The number of hydrogen-bond donors (Lipinski definition) is 1. The van der Waals surface area contributed by atoms with E-state index in [4.69, 9.17) is 15.2 Å². The maximum Gasteiger partial charge on any atom is 0.244 e. The van der Waals surface area contributed by atoms with Crippen LogP contribution in [0, 0.1) is 12.3 Å². The van der Waals surface area contributed by atoms with Crippen molar-refractivity contribution in [2.75, 3.05) is 33.9 Å². The number of ether oxygens (including phenoxy) is 2. The van der Waals surface area contributed by atoms with Gasteiger partial charge in [-0.05, 0) is 44.1 Å². The van der Waals surface area contributed by atoms with Gasteiger partial charge < -0.3 is 15.2 Å². The summed E-state index contributed by atoms with van der Waals surface area (Å²) in [6, 6.07) is 3.38. The van der Waals surface area contributed by atoms with Crippen molar-refractivity contribution in [3.63, 3.8) is 0 Å². The van der Waals surface area contributed by atoms with E-state index in [1.54, 1.807) is 30.5 Å². The lowest BCUT2D eigenvalue weighted by atomic mass is 9.80. The van der Waals surface area contributed by atoms with Crippen LogP contribution < -0.4 is 10.5 Å². The SMILES string of the molecule is CCCOC.COc1ccc(S(=O)(=O)N2CC3(CCC(N)C3)C2)c(C)n1. The molecular formula is C18H31N3O4S. The van der Waals surface area contributed by atoms with Gasteiger partial charge in [-0.2, -0.15) is 4.31 Å². The van der Waals surface area contributed by atoms with Crippen molar-refractivity contribution in [1.29, 1.82) is 0 Å². The number of aryl methyl sites for hydroxylation is 1. The summed E-state index contributed by atoms with van der Waals surface area (Å²) in [6.07, 6.45) is 4.08. The highest BCUT2D eigenvalue weighted by Gasteiger charge is 2.51. The number of aromatic nitrogens is 1. The largest absolute Gasteiger partial charge is 0.481 e. The van der Waals surface area contributed by atoms with Crippen LogP contribution in [0.2, 0.25) is 0 Å². The van der Waals surface area contributed by atoms with E-state index in [2.05, 4.69) is 11.9 Å². The molecule has 3 rings (SSSR count). The Bertz CT molecular complexity index is 700. The second-order valence-electron chi connectivity index (χ2n) is 7.21. The Morgan fingerprint density at radius 1 is 1.35 bits per heavy atom. The summed E-state index contributed by atoms with van der Waals surface area (Å²) in [7, 11) is -0.240. The Labute approximate surface area is 156 Å². The summed E-state index contributed by atoms with van der Waals surface area (Å²) in [6.45, 7) is 5.82. The van der Waals surface area contributed by atoms with Crippen molar-refractivity contribution in [2.24, 2.45) is 11.1 Å². The summed E-state index contributed by atoms with van der Waals surface area (Å²) in [5.41, 5.74) is 6.53. The van der Waals surface area contributed by atoms with Crippen molar-refractivity contribution in [1.82, 2.24) is 9.29 Å². The zero-order valence-corrected chi connectivity index (χ0v) is 17.0. The molecule has 26 heavy (non-hydrogen) atoms. The molecule has 1 aliphatic carbocycles. The molecule has 1 unspecified atom stereocenters. The van der Waals surface area contributed by atoms with Crippen LogP contribution in [0.3, 0.4) is 0 Å². The number of hydrogen-bond acceptors (Lipinski definition) is 6. The summed E-state index contributed by atoms with van der Waals surface area (Å²) in [5.74, 6) is 0.424. The van der Waals surface area contributed by atoms with Crippen LogP contribution in [-0.2, 0) is 14.8 Å². The Morgan fingerprint density at radius 2 is 2.04 bits per heavy atom. The van der Waals surface area contributed by atoms with E-state index in [9.17, 15) is 8.42 Å². The topological polar surface area (TPSA) is 94.8 Å². The van der Waals surface area contributed by atoms with Gasteiger partial charge in [0.25, 0.3) is 0 Å². The predicted octanol–water partition coefficient (Wildman–Crippen LogP) is 1.94. The molecule has 0 amide bonds. The van der Waals surface area contributed by atoms with Crippen molar-refractivity contribution >= 4 is 10.0 Å². The average molecular weight is 386 g/mol. The Balaban J connectivity index is 0.000000431. The summed E-state index contributed by atoms with van der Waals surface area (Å²) >= 11 is 0. The maximum atomic E-state index is 12.7. The van der Waals surface area contributed by atoms with Crippen LogP contribution >= 0.6 is 0 Å². The third-order valence-corrected chi connectivity index (χ3v) is 6.94. The summed E-state index contributed by atoms with van der Waals surface area (Å²) in [5, 5.41) is 0. The minimum Gasteiger partial charge on any atom is -0.481 e. The van der Waals surface area contributed by atoms with E-state index in [0.717, 1.165) is 32.3 Å². The zero-order valence-electron chi connectivity index (χ0n) is 16.2. The van der Waals surface area contributed by atoms with E-state index in [1.165, 1.54) is 7.11 Å². The molecule has 2 fully saturated rings. The van der Waals surface area contributed by atoms with Crippen molar-refractivity contribution in [3.05, 3.63) is 17.8 Å². The van der Waals surface area contributed by atoms with E-state index < -0.39 is 10.0 Å². The van der Waals surface area contributed by atoms with Gasteiger partial charge in [-0.3, -0.25) is 0 Å². The molecule has 1 aliphatic heterocycles. The first-order valence-electron chi connectivity index (χ1n) is 9.04. The van der Waals surface area contributed by atoms with E-state index >= 15 is 0 Å². The zero-order chi connectivity index (χ0) is 19.4. The lowest BCUT2D eigenvalue weighted by Gasteiger charge is -2.47. The van der Waals surface area contributed by atoms with Gasteiger partial charge in [-0.15, -0.1) is 0 Å². The lowest BCUT2D eigenvalue weighted by molar-refractivity contribution is 0.0762. The first kappa shape index (κ1) is 21.1. The lowest BCUT2D eigenvalue weighted by Crippen LogP contribution is -2.57. The van der Waals surface area contributed by atoms with Crippen LogP contribution in [-0.4, -0.2) is 57.7 Å². The molecule has 8 heteroatoms. The highest BCUT2D eigenvalue weighted by Crippen LogP contribution is 2.47. The maximum absolute atomic E-state index is 12.7. The monoisotopic (exact) mass is 385 g/mol. The molecular weight excluding hydrogens is 354 g/mol. The van der Waals surface area contributed by atoms with Gasteiger partial charge >= 0.3 is 0 Å². The van der Waals surface area contributed by atoms with Crippen LogP contribution in [0.4, 0.5) is 0 Å². The quantitative estimate of drug-likeness (QED) is 0.832. The van der Waals surface area contributed by atoms with Gasteiger partial charge in [-0.1, -0.05) is 6.92 Å². The molecule has 7 nitrogen and oxygen atoms in total. The predicted molar refractivity (Wildman–Crippen MR) is 101 cm³/mol. The van der Waals surface area contributed by atoms with E-state index in [-0.39, 0.29) is 16.4 Å². The first-order valence-corrected chi connectivity index (χ1v) is 10.5. The van der Waals surface area contributed by atoms with Crippen LogP contribution in [0.15, 0.2) is 17.0 Å². The minimum atomic E-state index is -3.46. The van der Waals surface area contributed by atoms with Gasteiger partial charge in [0.1, 0.15) is 4.90 Å². The molecule has 0 aromatic carbocycles. The standard InChI is InChI=1S/C14H21N3O3S.C4H10O/c1-10-12(3-4-13(16-10)20-2)21(18,19)17-8-14(9-17)6-5-11(15)7-14;1-3-4-5-2/h3-4,11H,5-9,15H2,1-2H3;3-4H2,1-2H3. The Morgan fingerprint density at radius 3 is 2.46 bits per heavy atom. The second-order valence-corrected chi connectivity index (χ2v) is 9.11. The van der Waals surface area contributed by atoms with E-state index in [0.29, 0.717) is 24.7 Å². The number of sulfonamides is 1. The highest BCUT2D eigenvalue weighted by atomic mass is 32.2. The van der Waals surface area contributed by atoms with Gasteiger partial charge in [0.2, 0.25) is 15.9 Å². The smallest absolute Gasteiger partial charge is 0.244 e. The van der Waals surface area contributed by atoms with Gasteiger partial charge in [0.05, 0.1) is 12.8 Å². The van der Waals surface area contributed by atoms with Crippen LogP contribution in [0.25, 0.3) is 0 Å². The number of nitrogens with two attached hydrogens (primary N) is 1. The summed E-state index contributed by atoms with van der Waals surface area (Å²) in [4.78, 5) is 4.42. The molecule has 2 aliphatic rings. The minimum absolute atomic E-state index is 0.111. The number of pyridine rings is 1. The van der Waals surface area contributed by atoms with Crippen LogP contribution in [0.5, 0.6) is 5.88 Å². The fourth-order valence-corrected chi connectivity index (χ4v) is 5.49. The first-order chi connectivity index (χ1) is 12.3. The third-order valence-electron chi connectivity index (χ3n) is 5.01. The number of rotatable bonds is 5. The molecule has 148 valence electrons. The fraction of sp³-hybridized carbons (Fsp3) is 0.722. The molecule has 2 N–H and O–H groups in total. The molecule has 0 radical (unpaired) electrons. The normalized spacial score (nSPS) is 21.8. The second kappa shape index (κ2) is 8.65.